The summed E-state index contributed by atoms with van der Waals surface area (Å²) in [7, 11) is 1.56. The van der Waals surface area contributed by atoms with Gasteiger partial charge in [-0.1, -0.05) is 17.3 Å². The van der Waals surface area contributed by atoms with Crippen molar-refractivity contribution >= 4 is 18.2 Å². The average molecular weight is 563 g/mol. The molecule has 1 fully saturated rings. The molecule has 0 spiro atoms. The number of rotatable bonds is 9. The minimum Gasteiger partial charge on any atom is -0.497 e. The molecule has 0 bridgehead atoms. The number of amides is 1. The number of aromatic nitrogens is 1. The lowest BCUT2D eigenvalue weighted by molar-refractivity contribution is -0.161. The van der Waals surface area contributed by atoms with Gasteiger partial charge in [0.2, 0.25) is 0 Å². The van der Waals surface area contributed by atoms with Gasteiger partial charge in [-0.2, -0.15) is 0 Å². The number of benzene rings is 1. The summed E-state index contributed by atoms with van der Waals surface area (Å²) in [6.07, 6.45) is -1.98. The first-order chi connectivity index (χ1) is 18.7. The maximum absolute atomic E-state index is 13.3. The van der Waals surface area contributed by atoms with Gasteiger partial charge in [-0.15, -0.1) is 0 Å². The first-order valence-corrected chi connectivity index (χ1v) is 12.9. The quantitative estimate of drug-likeness (QED) is 0.320. The summed E-state index contributed by atoms with van der Waals surface area (Å²) in [5.74, 6) is -0.0467. The maximum Gasteiger partial charge on any atom is 0.509 e. The second-order valence-electron chi connectivity index (χ2n) is 11.3. The Balaban J connectivity index is 1.86. The molecule has 0 unspecified atom stereocenters. The number of ether oxygens (including phenoxy) is 6. The van der Waals surface area contributed by atoms with Crippen LogP contribution in [0.3, 0.4) is 0 Å². The monoisotopic (exact) mass is 562 g/mol. The Morgan fingerprint density at radius 1 is 0.975 bits per heavy atom. The lowest BCUT2D eigenvalue weighted by atomic mass is 10.0. The zero-order chi connectivity index (χ0) is 29.5. The molecule has 0 radical (unpaired) electrons. The Morgan fingerprint density at radius 3 is 2.23 bits per heavy atom. The highest BCUT2D eigenvalue weighted by Gasteiger charge is 2.50. The largest absolute Gasteiger partial charge is 0.509 e. The van der Waals surface area contributed by atoms with Crippen molar-refractivity contribution in [3.8, 4) is 5.75 Å². The van der Waals surface area contributed by atoms with E-state index in [9.17, 15) is 14.4 Å². The summed E-state index contributed by atoms with van der Waals surface area (Å²) >= 11 is 0. The number of carbonyl (C=O) groups excluding carboxylic acids is 3. The smallest absolute Gasteiger partial charge is 0.497 e. The molecule has 40 heavy (non-hydrogen) atoms. The molecule has 1 amide bonds. The van der Waals surface area contributed by atoms with Crippen LogP contribution in [-0.2, 0) is 41.5 Å². The second kappa shape index (κ2) is 13.0. The first-order valence-electron chi connectivity index (χ1n) is 12.9. The Hall–Kier alpha value is -3.80. The molecular formula is C28H38N2O10. The van der Waals surface area contributed by atoms with Gasteiger partial charge in [0.15, 0.2) is 12.2 Å². The lowest BCUT2D eigenvalue weighted by Crippen LogP contribution is -2.45. The van der Waals surface area contributed by atoms with Crippen molar-refractivity contribution in [3.05, 3.63) is 47.9 Å². The normalized spacial score (nSPS) is 19.2. The van der Waals surface area contributed by atoms with Crippen LogP contribution < -0.4 is 4.74 Å². The van der Waals surface area contributed by atoms with E-state index in [0.717, 1.165) is 5.56 Å². The number of hydrogen-bond acceptors (Lipinski definition) is 11. The third-order valence-corrected chi connectivity index (χ3v) is 5.62. The molecule has 12 nitrogen and oxygen atoms in total. The SMILES string of the molecule is COc1ccc(C[C@@H]2[C@H](OC(=O)COCc3ccon3)[C@@H](OC(=O)OC(C)(C)C)CN2C(=O)OC(C)(C)C)cc1. The van der Waals surface area contributed by atoms with Crippen LogP contribution in [0.1, 0.15) is 52.8 Å². The van der Waals surface area contributed by atoms with Gasteiger partial charge in [0, 0.05) is 6.07 Å². The fourth-order valence-electron chi connectivity index (χ4n) is 4.01. The Kier molecular flexibility index (Phi) is 10.0. The number of carbonyl (C=O) groups is 3. The van der Waals surface area contributed by atoms with Crippen LogP contribution in [0.2, 0.25) is 0 Å². The highest BCUT2D eigenvalue weighted by molar-refractivity contribution is 5.72. The third-order valence-electron chi connectivity index (χ3n) is 5.62. The molecule has 0 N–H and O–H groups in total. The van der Waals surface area contributed by atoms with Gasteiger partial charge < -0.3 is 32.9 Å². The predicted molar refractivity (Wildman–Crippen MR) is 141 cm³/mol. The van der Waals surface area contributed by atoms with Crippen LogP contribution in [0, 0.1) is 0 Å². The van der Waals surface area contributed by atoms with Gasteiger partial charge in [0.05, 0.1) is 26.3 Å². The van der Waals surface area contributed by atoms with E-state index < -0.39 is 54.3 Å². The number of esters is 1. The summed E-state index contributed by atoms with van der Waals surface area (Å²) in [5, 5.41) is 3.73. The van der Waals surface area contributed by atoms with Gasteiger partial charge in [-0.3, -0.25) is 4.90 Å². The number of hydrogen-bond donors (Lipinski definition) is 0. The van der Waals surface area contributed by atoms with Gasteiger partial charge in [-0.05, 0) is 65.7 Å². The Morgan fingerprint density at radius 2 is 1.65 bits per heavy atom. The summed E-state index contributed by atoms with van der Waals surface area (Å²) in [4.78, 5) is 40.2. The van der Waals surface area contributed by atoms with E-state index in [2.05, 4.69) is 5.16 Å². The van der Waals surface area contributed by atoms with Crippen molar-refractivity contribution in [1.29, 1.82) is 0 Å². The van der Waals surface area contributed by atoms with E-state index in [-0.39, 0.29) is 19.6 Å². The predicted octanol–water partition coefficient (Wildman–Crippen LogP) is 4.29. The lowest BCUT2D eigenvalue weighted by Gasteiger charge is -2.30. The summed E-state index contributed by atoms with van der Waals surface area (Å²) < 4.78 is 37.8. The number of methoxy groups -OCH3 is 1. The van der Waals surface area contributed by atoms with Crippen LogP contribution in [0.15, 0.2) is 41.1 Å². The van der Waals surface area contributed by atoms with E-state index in [1.54, 1.807) is 66.9 Å². The molecule has 1 aromatic heterocycles. The van der Waals surface area contributed by atoms with Crippen molar-refractivity contribution in [3.63, 3.8) is 0 Å². The van der Waals surface area contributed by atoms with Gasteiger partial charge in [0.1, 0.15) is 35.5 Å². The minimum atomic E-state index is -1.04. The van der Waals surface area contributed by atoms with E-state index in [1.165, 1.54) is 11.2 Å². The van der Waals surface area contributed by atoms with E-state index >= 15 is 0 Å². The molecule has 220 valence electrons. The molecule has 2 aromatic rings. The second-order valence-corrected chi connectivity index (χ2v) is 11.3. The number of likely N-dealkylation sites (tertiary alicyclic amines) is 1. The van der Waals surface area contributed by atoms with Crippen molar-refractivity contribution in [2.75, 3.05) is 20.3 Å². The third kappa shape index (κ3) is 9.44. The average Bonchev–Trinajstić information content (AvgIpc) is 3.46. The van der Waals surface area contributed by atoms with Gasteiger partial charge in [0.25, 0.3) is 0 Å². The van der Waals surface area contributed by atoms with Crippen LogP contribution in [0.5, 0.6) is 5.75 Å². The zero-order valence-corrected chi connectivity index (χ0v) is 24.0. The Labute approximate surface area is 233 Å². The van der Waals surface area contributed by atoms with Crippen molar-refractivity contribution in [2.45, 2.75) is 84.0 Å². The fourth-order valence-corrected chi connectivity index (χ4v) is 4.01. The van der Waals surface area contributed by atoms with Gasteiger partial charge >= 0.3 is 18.2 Å². The summed E-state index contributed by atoms with van der Waals surface area (Å²) in [6, 6.07) is 8.14. The van der Waals surface area contributed by atoms with Crippen LogP contribution in [0.25, 0.3) is 0 Å². The van der Waals surface area contributed by atoms with E-state index in [0.29, 0.717) is 11.4 Å². The molecule has 1 aliphatic heterocycles. The highest BCUT2D eigenvalue weighted by Crippen LogP contribution is 2.30. The Bertz CT molecular complexity index is 1120. The highest BCUT2D eigenvalue weighted by atomic mass is 16.7. The molecule has 1 aliphatic rings. The molecule has 1 aromatic carbocycles. The molecular weight excluding hydrogens is 524 g/mol. The molecule has 3 atom stereocenters. The van der Waals surface area contributed by atoms with Crippen molar-refractivity contribution < 1.29 is 47.3 Å². The molecule has 3 rings (SSSR count). The molecule has 2 heterocycles. The number of nitrogens with zero attached hydrogens (tertiary/aromatic N) is 2. The van der Waals surface area contributed by atoms with Crippen molar-refractivity contribution in [1.82, 2.24) is 10.1 Å². The summed E-state index contributed by atoms with van der Waals surface area (Å²) in [6.45, 7) is 9.90. The van der Waals surface area contributed by atoms with Crippen LogP contribution in [0.4, 0.5) is 9.59 Å². The molecule has 0 aliphatic carbocycles. The van der Waals surface area contributed by atoms with Crippen molar-refractivity contribution in [2.24, 2.45) is 0 Å². The van der Waals surface area contributed by atoms with E-state index in [1.807, 2.05) is 12.1 Å². The summed E-state index contributed by atoms with van der Waals surface area (Å²) in [5.41, 5.74) is -0.258. The van der Waals surface area contributed by atoms with Gasteiger partial charge in [-0.25, -0.2) is 14.4 Å². The maximum atomic E-state index is 13.3. The molecule has 1 saturated heterocycles. The first kappa shape index (κ1) is 30.7. The standard InChI is InChI=1S/C28H38N2O10/c1-27(2,3)39-25(32)30-15-22(37-26(33)40-28(4,5)6)24(21(30)14-18-8-10-20(34-7)11-9-18)38-23(31)17-35-16-19-12-13-36-29-19/h8-13,21-22,24H,14-17H2,1-7H3/t21-,22+,24+/m1/s1. The topological polar surface area (TPSA) is 136 Å². The van der Waals surface area contributed by atoms with Crippen LogP contribution >= 0.6 is 0 Å². The molecule has 0 saturated carbocycles. The fraction of sp³-hybridized carbons (Fsp3) is 0.571. The van der Waals surface area contributed by atoms with E-state index in [4.69, 9.17) is 32.9 Å². The zero-order valence-electron chi connectivity index (χ0n) is 24.0. The minimum absolute atomic E-state index is 0.0351. The molecule has 12 heteroatoms. The van der Waals surface area contributed by atoms with Crippen LogP contribution in [-0.4, -0.2) is 78.0 Å².